The zero-order valence-electron chi connectivity index (χ0n) is 16.2. The third-order valence-corrected chi connectivity index (χ3v) is 6.41. The summed E-state index contributed by atoms with van der Waals surface area (Å²) in [7, 11) is 1.63. The lowest BCUT2D eigenvalue weighted by atomic mass is 10.2. The van der Waals surface area contributed by atoms with E-state index in [1.807, 2.05) is 12.1 Å². The molecule has 2 saturated heterocycles. The molecule has 2 aliphatic heterocycles. The molecule has 7 nitrogen and oxygen atoms in total. The first-order chi connectivity index (χ1) is 14.1. The van der Waals surface area contributed by atoms with Gasteiger partial charge in [0.25, 0.3) is 11.5 Å². The van der Waals surface area contributed by atoms with Gasteiger partial charge in [0.05, 0.1) is 10.5 Å². The Morgan fingerprint density at radius 2 is 2.07 bits per heavy atom. The summed E-state index contributed by atoms with van der Waals surface area (Å²) in [5.41, 5.74) is 0.860. The van der Waals surface area contributed by atoms with E-state index >= 15 is 0 Å². The number of hydrogen-bond acceptors (Lipinski definition) is 7. The van der Waals surface area contributed by atoms with Crippen molar-refractivity contribution in [2.45, 2.75) is 19.3 Å². The van der Waals surface area contributed by atoms with Crippen molar-refractivity contribution in [1.82, 2.24) is 14.3 Å². The predicted molar refractivity (Wildman–Crippen MR) is 119 cm³/mol. The van der Waals surface area contributed by atoms with Crippen LogP contribution in [0, 0.1) is 0 Å². The van der Waals surface area contributed by atoms with Gasteiger partial charge in [-0.2, -0.15) is 0 Å². The summed E-state index contributed by atoms with van der Waals surface area (Å²) in [6, 6.07) is 5.48. The van der Waals surface area contributed by atoms with E-state index in [0.29, 0.717) is 45.8 Å². The number of amides is 1. The molecule has 2 fully saturated rings. The maximum absolute atomic E-state index is 13.2. The third kappa shape index (κ3) is 3.94. The first-order valence-electron chi connectivity index (χ1n) is 9.61. The topological polar surface area (TPSA) is 67.2 Å². The second-order valence-electron chi connectivity index (χ2n) is 6.96. The van der Waals surface area contributed by atoms with Gasteiger partial charge in [-0.15, -0.1) is 0 Å². The normalized spacial score (nSPS) is 18.6. The van der Waals surface area contributed by atoms with Crippen LogP contribution in [-0.4, -0.2) is 57.9 Å². The number of methoxy groups -OCH3 is 1. The first-order valence-corrected chi connectivity index (χ1v) is 10.8. The fourth-order valence-corrected chi connectivity index (χ4v) is 4.87. The highest BCUT2D eigenvalue weighted by atomic mass is 32.2. The molecule has 0 aromatic carbocycles. The fraction of sp³-hybridized carbons (Fsp3) is 0.400. The van der Waals surface area contributed by atoms with E-state index < -0.39 is 0 Å². The molecule has 4 heterocycles. The molecule has 0 spiro atoms. The molecule has 2 aromatic heterocycles. The number of aromatic nitrogens is 2. The summed E-state index contributed by atoms with van der Waals surface area (Å²) in [5, 5.41) is 0. The Morgan fingerprint density at radius 1 is 1.28 bits per heavy atom. The van der Waals surface area contributed by atoms with Gasteiger partial charge in [0.2, 0.25) is 0 Å². The zero-order chi connectivity index (χ0) is 20.4. The Hall–Kier alpha value is -2.23. The van der Waals surface area contributed by atoms with Crippen molar-refractivity contribution in [1.29, 1.82) is 0 Å². The number of ether oxygens (including phenoxy) is 1. The number of carbonyl (C=O) groups excluding carboxylic acids is 1. The summed E-state index contributed by atoms with van der Waals surface area (Å²) in [6.07, 6.45) is 6.20. The van der Waals surface area contributed by atoms with Gasteiger partial charge in [-0.25, -0.2) is 4.98 Å². The fourth-order valence-electron chi connectivity index (χ4n) is 3.58. The molecule has 0 radical (unpaired) electrons. The van der Waals surface area contributed by atoms with E-state index in [2.05, 4.69) is 4.90 Å². The van der Waals surface area contributed by atoms with Crippen LogP contribution in [0.1, 0.15) is 24.8 Å². The number of fused-ring (bicyclic) bond motifs is 1. The van der Waals surface area contributed by atoms with E-state index in [1.54, 1.807) is 30.3 Å². The van der Waals surface area contributed by atoms with Crippen molar-refractivity contribution in [3.05, 3.63) is 45.2 Å². The van der Waals surface area contributed by atoms with Gasteiger partial charge in [0.1, 0.15) is 15.8 Å². The van der Waals surface area contributed by atoms with Gasteiger partial charge in [-0.05, 0) is 37.5 Å². The number of anilines is 1. The summed E-state index contributed by atoms with van der Waals surface area (Å²) in [5.74, 6) is 0.476. The van der Waals surface area contributed by atoms with E-state index in [1.165, 1.54) is 16.2 Å². The lowest BCUT2D eigenvalue weighted by Gasteiger charge is -2.19. The van der Waals surface area contributed by atoms with Crippen molar-refractivity contribution in [3.63, 3.8) is 0 Å². The highest BCUT2D eigenvalue weighted by Gasteiger charge is 2.32. The molecule has 0 unspecified atom stereocenters. The van der Waals surface area contributed by atoms with Crippen LogP contribution in [0.5, 0.6) is 0 Å². The molecule has 0 N–H and O–H groups in total. The smallest absolute Gasteiger partial charge is 0.267 e. The van der Waals surface area contributed by atoms with Crippen molar-refractivity contribution < 1.29 is 9.53 Å². The Morgan fingerprint density at radius 3 is 2.83 bits per heavy atom. The zero-order valence-corrected chi connectivity index (χ0v) is 17.8. The van der Waals surface area contributed by atoms with Crippen molar-refractivity contribution in [2.24, 2.45) is 0 Å². The quantitative estimate of drug-likeness (QED) is 0.396. The van der Waals surface area contributed by atoms with Crippen molar-refractivity contribution >= 4 is 51.7 Å². The average molecular weight is 431 g/mol. The molecule has 0 saturated carbocycles. The monoisotopic (exact) mass is 430 g/mol. The molecule has 0 bridgehead atoms. The van der Waals surface area contributed by atoms with Crippen LogP contribution in [0.2, 0.25) is 0 Å². The van der Waals surface area contributed by atoms with Gasteiger partial charge in [-0.3, -0.25) is 18.9 Å². The first kappa shape index (κ1) is 20.1. The molecule has 152 valence electrons. The number of rotatable bonds is 6. The average Bonchev–Trinajstić information content (AvgIpc) is 3.34. The lowest BCUT2D eigenvalue weighted by molar-refractivity contribution is -0.122. The van der Waals surface area contributed by atoms with Gasteiger partial charge in [-0.1, -0.05) is 30.0 Å². The molecule has 0 atom stereocenters. The van der Waals surface area contributed by atoms with E-state index in [-0.39, 0.29) is 11.5 Å². The molecule has 0 aliphatic carbocycles. The number of hydrogen-bond donors (Lipinski definition) is 0. The molecular formula is C20H22N4O3S2. The molecule has 4 rings (SSSR count). The standard InChI is InChI=1S/C20H22N4O3S2/c1-27-12-6-11-24-19(26)15(29-20(24)28)13-14-17(22-8-4-5-9-22)21-16-7-2-3-10-23(16)18(14)25/h2-3,7,10,13H,4-6,8-9,11-12H2,1H3/b15-13+. The minimum absolute atomic E-state index is 0.166. The summed E-state index contributed by atoms with van der Waals surface area (Å²) < 4.78 is 7.09. The Kier molecular flexibility index (Phi) is 5.98. The summed E-state index contributed by atoms with van der Waals surface area (Å²) in [6.45, 7) is 2.78. The van der Waals surface area contributed by atoms with Crippen LogP contribution in [0.15, 0.2) is 34.1 Å². The van der Waals surface area contributed by atoms with Gasteiger partial charge < -0.3 is 9.64 Å². The van der Waals surface area contributed by atoms with Crippen LogP contribution in [0.25, 0.3) is 11.7 Å². The van der Waals surface area contributed by atoms with Crippen molar-refractivity contribution in [2.75, 3.05) is 38.3 Å². The summed E-state index contributed by atoms with van der Waals surface area (Å²) in [4.78, 5) is 35.0. The minimum Gasteiger partial charge on any atom is -0.385 e. The number of pyridine rings is 1. The van der Waals surface area contributed by atoms with E-state index in [0.717, 1.165) is 25.9 Å². The van der Waals surface area contributed by atoms with Crippen LogP contribution < -0.4 is 10.5 Å². The lowest BCUT2D eigenvalue weighted by Crippen LogP contribution is -2.30. The minimum atomic E-state index is -0.179. The SMILES string of the molecule is COCCCN1C(=O)/C(=C\c2c(N3CCCC3)nc3ccccn3c2=O)SC1=S. The largest absolute Gasteiger partial charge is 0.385 e. The molecule has 9 heteroatoms. The molecule has 29 heavy (non-hydrogen) atoms. The van der Waals surface area contributed by atoms with Crippen LogP contribution in [0.4, 0.5) is 5.82 Å². The third-order valence-electron chi connectivity index (χ3n) is 5.03. The maximum Gasteiger partial charge on any atom is 0.267 e. The molecule has 2 aromatic rings. The Bertz CT molecular complexity index is 1040. The van der Waals surface area contributed by atoms with Gasteiger partial charge in [0.15, 0.2) is 0 Å². The molecular weight excluding hydrogens is 408 g/mol. The maximum atomic E-state index is 13.2. The van der Waals surface area contributed by atoms with Gasteiger partial charge in [0, 0.05) is 39.5 Å². The number of thiocarbonyl (C=S) groups is 1. The molecule has 2 aliphatic rings. The highest BCUT2D eigenvalue weighted by molar-refractivity contribution is 8.26. The van der Waals surface area contributed by atoms with E-state index in [9.17, 15) is 9.59 Å². The van der Waals surface area contributed by atoms with Crippen LogP contribution in [-0.2, 0) is 9.53 Å². The number of carbonyl (C=O) groups is 1. The summed E-state index contributed by atoms with van der Waals surface area (Å²) >= 11 is 6.62. The Labute approximate surface area is 178 Å². The number of nitrogens with zero attached hydrogens (tertiary/aromatic N) is 4. The van der Waals surface area contributed by atoms with E-state index in [4.69, 9.17) is 21.9 Å². The van der Waals surface area contributed by atoms with Crippen LogP contribution >= 0.6 is 24.0 Å². The Balaban J connectivity index is 1.76. The second-order valence-corrected chi connectivity index (χ2v) is 8.63. The highest BCUT2D eigenvalue weighted by Crippen LogP contribution is 2.34. The van der Waals surface area contributed by atoms with Gasteiger partial charge >= 0.3 is 0 Å². The molecule has 1 amide bonds. The van der Waals surface area contributed by atoms with Crippen molar-refractivity contribution in [3.8, 4) is 0 Å². The predicted octanol–water partition coefficient (Wildman–Crippen LogP) is 2.53. The van der Waals surface area contributed by atoms with Crippen LogP contribution in [0.3, 0.4) is 0 Å². The second kappa shape index (κ2) is 8.64. The number of thioether (sulfide) groups is 1.